The minimum Gasteiger partial charge on any atom is -0.469 e. The van der Waals surface area contributed by atoms with Crippen LogP contribution in [0.5, 0.6) is 0 Å². The number of sulfonamides is 1. The lowest BCUT2D eigenvalue weighted by Gasteiger charge is -2.09. The molecule has 0 unspecified atom stereocenters. The summed E-state index contributed by atoms with van der Waals surface area (Å²) < 4.78 is 31.8. The van der Waals surface area contributed by atoms with Crippen molar-refractivity contribution in [3.63, 3.8) is 0 Å². The van der Waals surface area contributed by atoms with Crippen molar-refractivity contribution in [2.45, 2.75) is 32.1 Å². The highest BCUT2D eigenvalue weighted by Crippen LogP contribution is 2.14. The van der Waals surface area contributed by atoms with Gasteiger partial charge in [0.25, 0.3) is 5.91 Å². The molecule has 2 aromatic rings. The van der Waals surface area contributed by atoms with E-state index in [9.17, 15) is 18.0 Å². The van der Waals surface area contributed by atoms with Crippen LogP contribution in [0.1, 0.15) is 33.7 Å². The minimum atomic E-state index is -3.70. The van der Waals surface area contributed by atoms with E-state index < -0.39 is 21.8 Å². The van der Waals surface area contributed by atoms with E-state index in [0.29, 0.717) is 11.3 Å². The Morgan fingerprint density at radius 1 is 1.04 bits per heavy atom. The van der Waals surface area contributed by atoms with Crippen molar-refractivity contribution in [2.75, 3.05) is 6.54 Å². The van der Waals surface area contributed by atoms with Crippen LogP contribution in [0.3, 0.4) is 0 Å². The maximum absolute atomic E-state index is 12.2. The van der Waals surface area contributed by atoms with Gasteiger partial charge in [-0.05, 0) is 50.1 Å². The van der Waals surface area contributed by atoms with E-state index in [2.05, 4.69) is 15.6 Å². The lowest BCUT2D eigenvalue weighted by atomic mass is 10.1. The summed E-state index contributed by atoms with van der Waals surface area (Å²) in [5.74, 6) is -0.611. The van der Waals surface area contributed by atoms with Gasteiger partial charge in [-0.15, -0.1) is 0 Å². The summed E-state index contributed by atoms with van der Waals surface area (Å²) in [5, 5.41) is 0. The summed E-state index contributed by atoms with van der Waals surface area (Å²) >= 11 is 0. The van der Waals surface area contributed by atoms with E-state index >= 15 is 0 Å². The highest BCUT2D eigenvalue weighted by atomic mass is 32.2. The van der Waals surface area contributed by atoms with Crippen LogP contribution in [0.4, 0.5) is 0 Å². The molecule has 0 aliphatic rings. The van der Waals surface area contributed by atoms with Crippen LogP contribution in [0.15, 0.2) is 39.8 Å². The largest absolute Gasteiger partial charge is 0.469 e. The number of carbonyl (C=O) groups is 2. The zero-order chi connectivity index (χ0) is 19.3. The second-order valence-corrected chi connectivity index (χ2v) is 7.55. The predicted octanol–water partition coefficient (Wildman–Crippen LogP) is 1.33. The molecule has 1 aromatic heterocycles. The molecule has 1 aromatic carbocycles. The number of hydrogen-bond donors (Lipinski definition) is 3. The van der Waals surface area contributed by atoms with Gasteiger partial charge in [-0.2, -0.15) is 0 Å². The van der Waals surface area contributed by atoms with Gasteiger partial charge in [0.2, 0.25) is 15.9 Å². The molecular weight excluding hydrogens is 358 g/mol. The number of hydrogen-bond acceptors (Lipinski definition) is 5. The number of carbonyl (C=O) groups excluding carboxylic acids is 2. The fraction of sp³-hybridized carbons (Fsp3) is 0.294. The van der Waals surface area contributed by atoms with Gasteiger partial charge in [-0.3, -0.25) is 20.4 Å². The first-order chi connectivity index (χ1) is 12.2. The topological polar surface area (TPSA) is 118 Å². The Morgan fingerprint density at radius 3 is 2.38 bits per heavy atom. The van der Waals surface area contributed by atoms with Crippen molar-refractivity contribution in [1.29, 1.82) is 0 Å². The molecule has 9 heteroatoms. The molecule has 0 saturated carbocycles. The molecule has 0 aliphatic heterocycles. The molecule has 26 heavy (non-hydrogen) atoms. The first-order valence-corrected chi connectivity index (χ1v) is 9.39. The van der Waals surface area contributed by atoms with Gasteiger partial charge in [0.05, 0.1) is 16.7 Å². The van der Waals surface area contributed by atoms with Gasteiger partial charge in [0.15, 0.2) is 0 Å². The molecule has 2 amide bonds. The van der Waals surface area contributed by atoms with Crippen LogP contribution >= 0.6 is 0 Å². The first kappa shape index (κ1) is 19.7. The second kappa shape index (κ2) is 8.15. The third kappa shape index (κ3) is 4.93. The number of furan rings is 1. The first-order valence-electron chi connectivity index (χ1n) is 7.91. The molecule has 0 aliphatic carbocycles. The highest BCUT2D eigenvalue weighted by Gasteiger charge is 2.16. The molecule has 1 heterocycles. The Labute approximate surface area is 152 Å². The van der Waals surface area contributed by atoms with E-state index in [1.54, 1.807) is 19.1 Å². The average molecular weight is 379 g/mol. The van der Waals surface area contributed by atoms with Crippen molar-refractivity contribution in [2.24, 2.45) is 0 Å². The van der Waals surface area contributed by atoms with Gasteiger partial charge in [-0.25, -0.2) is 13.1 Å². The molecule has 2 rings (SSSR count). The quantitative estimate of drug-likeness (QED) is 0.655. The summed E-state index contributed by atoms with van der Waals surface area (Å²) in [6.07, 6.45) is 1.24. The summed E-state index contributed by atoms with van der Waals surface area (Å²) in [6, 6.07) is 6.29. The van der Waals surface area contributed by atoms with Crippen LogP contribution in [0.2, 0.25) is 0 Å². The third-order valence-electron chi connectivity index (χ3n) is 3.85. The van der Waals surface area contributed by atoms with Crippen LogP contribution in [0, 0.1) is 20.8 Å². The standard InChI is InChI=1S/C17H21N3O5S/c1-11-4-5-14(10-12(11)2)26(23,24)18-8-6-16(21)19-20-17(22)15-7-9-25-13(15)3/h4-5,7,9-10,18H,6,8H2,1-3H3,(H,19,21)(H,20,22). The zero-order valence-electron chi connectivity index (χ0n) is 14.8. The maximum atomic E-state index is 12.2. The zero-order valence-corrected chi connectivity index (χ0v) is 15.6. The Bertz CT molecular complexity index is 918. The monoisotopic (exact) mass is 379 g/mol. The molecule has 0 radical (unpaired) electrons. The van der Waals surface area contributed by atoms with E-state index in [1.807, 2.05) is 13.8 Å². The number of amides is 2. The third-order valence-corrected chi connectivity index (χ3v) is 5.31. The number of aryl methyl sites for hydroxylation is 3. The molecule has 0 spiro atoms. The molecular formula is C17H21N3O5S. The molecule has 140 valence electrons. The Hall–Kier alpha value is -2.65. The molecule has 0 atom stereocenters. The minimum absolute atomic E-state index is 0.0955. The predicted molar refractivity (Wildman–Crippen MR) is 94.8 cm³/mol. The van der Waals surface area contributed by atoms with Gasteiger partial charge in [0, 0.05) is 13.0 Å². The fourth-order valence-corrected chi connectivity index (χ4v) is 3.26. The van der Waals surface area contributed by atoms with Crippen molar-refractivity contribution in [3.8, 4) is 0 Å². The van der Waals surface area contributed by atoms with E-state index in [0.717, 1.165) is 11.1 Å². The Balaban J connectivity index is 1.81. The lowest BCUT2D eigenvalue weighted by molar-refractivity contribution is -0.121. The summed E-state index contributed by atoms with van der Waals surface area (Å²) in [5.41, 5.74) is 6.63. The summed E-state index contributed by atoms with van der Waals surface area (Å²) in [4.78, 5) is 23.7. The van der Waals surface area contributed by atoms with Gasteiger partial charge in [0.1, 0.15) is 5.76 Å². The van der Waals surface area contributed by atoms with Crippen molar-refractivity contribution >= 4 is 21.8 Å². The van der Waals surface area contributed by atoms with E-state index in [-0.39, 0.29) is 17.9 Å². The fourth-order valence-electron chi connectivity index (χ4n) is 2.14. The van der Waals surface area contributed by atoms with Gasteiger partial charge < -0.3 is 4.42 Å². The van der Waals surface area contributed by atoms with Gasteiger partial charge >= 0.3 is 0 Å². The molecule has 3 N–H and O–H groups in total. The molecule has 0 saturated heterocycles. The van der Waals surface area contributed by atoms with Crippen molar-refractivity contribution in [1.82, 2.24) is 15.6 Å². The molecule has 0 fully saturated rings. The second-order valence-electron chi connectivity index (χ2n) is 5.79. The summed E-state index contributed by atoms with van der Waals surface area (Å²) in [6.45, 7) is 5.25. The van der Waals surface area contributed by atoms with Crippen LogP contribution in [0.25, 0.3) is 0 Å². The van der Waals surface area contributed by atoms with Crippen molar-refractivity contribution in [3.05, 3.63) is 53.0 Å². The van der Waals surface area contributed by atoms with Crippen molar-refractivity contribution < 1.29 is 22.4 Å². The molecule has 0 bridgehead atoms. The average Bonchev–Trinajstić information content (AvgIpc) is 3.01. The molecule has 8 nitrogen and oxygen atoms in total. The number of nitrogens with one attached hydrogen (secondary N) is 3. The van der Waals surface area contributed by atoms with Crippen LogP contribution < -0.4 is 15.6 Å². The smallest absolute Gasteiger partial charge is 0.273 e. The number of hydrazine groups is 1. The lowest BCUT2D eigenvalue weighted by Crippen LogP contribution is -2.42. The Kier molecular flexibility index (Phi) is 6.17. The SMILES string of the molecule is Cc1ccc(S(=O)(=O)NCCC(=O)NNC(=O)c2ccoc2C)cc1C. The highest BCUT2D eigenvalue weighted by molar-refractivity contribution is 7.89. The summed E-state index contributed by atoms with van der Waals surface area (Å²) in [7, 11) is -3.70. The Morgan fingerprint density at radius 2 is 1.77 bits per heavy atom. The van der Waals surface area contributed by atoms with Gasteiger partial charge in [-0.1, -0.05) is 6.07 Å². The number of rotatable bonds is 6. The van der Waals surface area contributed by atoms with Crippen LogP contribution in [-0.2, 0) is 14.8 Å². The van der Waals surface area contributed by atoms with Crippen LogP contribution in [-0.4, -0.2) is 26.8 Å². The number of benzene rings is 1. The van der Waals surface area contributed by atoms with E-state index in [4.69, 9.17) is 4.42 Å². The normalized spacial score (nSPS) is 11.2. The maximum Gasteiger partial charge on any atom is 0.273 e. The van der Waals surface area contributed by atoms with E-state index in [1.165, 1.54) is 18.4 Å².